The van der Waals surface area contributed by atoms with E-state index in [1.165, 1.54) is 6.92 Å². The Balaban J connectivity index is 2.41. The Morgan fingerprint density at radius 3 is 2.41 bits per heavy atom. The molecule has 22 heavy (non-hydrogen) atoms. The molecule has 1 fully saturated rings. The molecular weight excluding hydrogens is 298 g/mol. The molecule has 1 aliphatic rings. The summed E-state index contributed by atoms with van der Waals surface area (Å²) in [6, 6.07) is 1.88. The fourth-order valence-electron chi connectivity index (χ4n) is 2.50. The van der Waals surface area contributed by atoms with Crippen molar-refractivity contribution < 1.29 is 27.9 Å². The van der Waals surface area contributed by atoms with Gasteiger partial charge >= 0.3 is 5.97 Å². The third-order valence-corrected chi connectivity index (χ3v) is 3.41. The summed E-state index contributed by atoms with van der Waals surface area (Å²) in [6.45, 7) is 1.13. The van der Waals surface area contributed by atoms with Gasteiger partial charge in [-0.05, 0) is 12.1 Å². The third-order valence-electron chi connectivity index (χ3n) is 3.41. The summed E-state index contributed by atoms with van der Waals surface area (Å²) >= 11 is 0. The number of amides is 2. The molecule has 0 aliphatic carbocycles. The average Bonchev–Trinajstić information content (AvgIpc) is 2.78. The number of hydrogen-bond donors (Lipinski definition) is 2. The number of anilines is 1. The van der Waals surface area contributed by atoms with Crippen molar-refractivity contribution in [2.75, 3.05) is 19.0 Å². The van der Waals surface area contributed by atoms with Gasteiger partial charge in [0.15, 0.2) is 0 Å². The molecular formula is C14H14F2N2O4. The number of benzene rings is 1. The minimum atomic E-state index is -1.30. The number of rotatable bonds is 3. The Labute approximate surface area is 124 Å². The van der Waals surface area contributed by atoms with Gasteiger partial charge in [0.1, 0.15) is 17.6 Å². The fourth-order valence-corrected chi connectivity index (χ4v) is 2.50. The maximum Gasteiger partial charge on any atom is 0.318 e. The number of hydrogen-bond acceptors (Lipinski definition) is 4. The van der Waals surface area contributed by atoms with Crippen LogP contribution in [-0.4, -0.2) is 31.4 Å². The van der Waals surface area contributed by atoms with Crippen molar-refractivity contribution >= 4 is 23.5 Å². The van der Waals surface area contributed by atoms with Crippen LogP contribution in [0.1, 0.15) is 18.4 Å². The summed E-state index contributed by atoms with van der Waals surface area (Å²) in [4.78, 5) is 34.3. The van der Waals surface area contributed by atoms with Gasteiger partial charge < -0.3 is 15.4 Å². The number of carbonyl (C=O) groups excluding carboxylic acids is 3. The molecule has 0 aromatic heterocycles. The zero-order valence-corrected chi connectivity index (χ0v) is 11.9. The summed E-state index contributed by atoms with van der Waals surface area (Å²) < 4.78 is 32.9. The van der Waals surface area contributed by atoms with E-state index in [1.54, 1.807) is 0 Å². The molecule has 2 amide bonds. The number of methoxy groups -OCH3 is 1. The second kappa shape index (κ2) is 6.08. The Hall–Kier alpha value is -2.51. The molecule has 118 valence electrons. The lowest BCUT2D eigenvalue weighted by Crippen LogP contribution is -2.28. The number of halogens is 2. The van der Waals surface area contributed by atoms with Crippen molar-refractivity contribution in [2.24, 2.45) is 5.92 Å². The monoisotopic (exact) mass is 312 g/mol. The lowest BCUT2D eigenvalue weighted by Gasteiger charge is -2.17. The molecule has 1 unspecified atom stereocenters. The van der Waals surface area contributed by atoms with E-state index >= 15 is 0 Å². The van der Waals surface area contributed by atoms with Crippen LogP contribution in [0.5, 0.6) is 0 Å². The summed E-state index contributed by atoms with van der Waals surface area (Å²) in [5.74, 6) is -6.17. The van der Waals surface area contributed by atoms with Crippen LogP contribution in [-0.2, 0) is 19.1 Å². The van der Waals surface area contributed by atoms with Crippen LogP contribution in [0.25, 0.3) is 0 Å². The van der Waals surface area contributed by atoms with Crippen LogP contribution in [0.3, 0.4) is 0 Å². The molecule has 8 heteroatoms. The van der Waals surface area contributed by atoms with E-state index in [1.807, 2.05) is 0 Å². The highest BCUT2D eigenvalue weighted by atomic mass is 19.1. The predicted molar refractivity (Wildman–Crippen MR) is 71.9 cm³/mol. The summed E-state index contributed by atoms with van der Waals surface area (Å²) in [6.07, 6.45) is 0. The highest BCUT2D eigenvalue weighted by Crippen LogP contribution is 2.34. The van der Waals surface area contributed by atoms with E-state index < -0.39 is 41.3 Å². The molecule has 1 heterocycles. The molecule has 0 radical (unpaired) electrons. The van der Waals surface area contributed by atoms with Crippen molar-refractivity contribution in [3.63, 3.8) is 0 Å². The molecule has 2 rings (SSSR count). The molecule has 6 nitrogen and oxygen atoms in total. The van der Waals surface area contributed by atoms with E-state index in [0.717, 1.165) is 19.2 Å². The lowest BCUT2D eigenvalue weighted by atomic mass is 9.87. The Bertz CT molecular complexity index is 625. The topological polar surface area (TPSA) is 84.5 Å². The van der Waals surface area contributed by atoms with Crippen LogP contribution in [0.15, 0.2) is 12.1 Å². The van der Waals surface area contributed by atoms with Gasteiger partial charge in [-0.3, -0.25) is 14.4 Å². The number of nitrogens with one attached hydrogen (secondary N) is 2. The zero-order chi connectivity index (χ0) is 16.4. The first-order valence-corrected chi connectivity index (χ1v) is 6.47. The van der Waals surface area contributed by atoms with E-state index in [9.17, 15) is 23.2 Å². The second-order valence-corrected chi connectivity index (χ2v) is 4.89. The minimum Gasteiger partial charge on any atom is -0.468 e. The fraction of sp³-hybridized carbons (Fsp3) is 0.357. The Kier molecular flexibility index (Phi) is 4.39. The molecule has 1 aliphatic heterocycles. The highest BCUT2D eigenvalue weighted by molar-refractivity contribution is 6.00. The molecule has 1 aromatic rings. The van der Waals surface area contributed by atoms with E-state index in [4.69, 9.17) is 0 Å². The molecule has 0 spiro atoms. The quantitative estimate of drug-likeness (QED) is 0.642. The Morgan fingerprint density at radius 2 is 1.91 bits per heavy atom. The van der Waals surface area contributed by atoms with Crippen LogP contribution < -0.4 is 10.6 Å². The van der Waals surface area contributed by atoms with Crippen molar-refractivity contribution in [2.45, 2.75) is 12.8 Å². The lowest BCUT2D eigenvalue weighted by molar-refractivity contribution is -0.149. The van der Waals surface area contributed by atoms with Gasteiger partial charge in [0, 0.05) is 30.6 Å². The van der Waals surface area contributed by atoms with Gasteiger partial charge in [0.05, 0.1) is 7.11 Å². The number of esters is 1. The third kappa shape index (κ3) is 2.90. The summed E-state index contributed by atoms with van der Waals surface area (Å²) in [5, 5.41) is 4.66. The first-order valence-electron chi connectivity index (χ1n) is 6.47. The second-order valence-electron chi connectivity index (χ2n) is 4.89. The number of carbonyl (C=O) groups is 3. The molecule has 0 saturated carbocycles. The molecule has 1 aromatic carbocycles. The SMILES string of the molecule is COC(=O)C1C(=O)NC[C@H]1c1c(F)cc(NC(C)=O)cc1F. The van der Waals surface area contributed by atoms with E-state index in [2.05, 4.69) is 15.4 Å². The minimum absolute atomic E-state index is 0.0434. The van der Waals surface area contributed by atoms with Gasteiger partial charge in [-0.1, -0.05) is 0 Å². The van der Waals surface area contributed by atoms with Gasteiger partial charge in [-0.15, -0.1) is 0 Å². The Morgan fingerprint density at radius 1 is 1.32 bits per heavy atom. The molecule has 0 bridgehead atoms. The summed E-state index contributed by atoms with van der Waals surface area (Å²) in [7, 11) is 1.09. The standard InChI is InChI=1S/C14H14F2N2O4/c1-6(19)18-7-3-9(15)11(10(16)4-7)8-5-17-13(20)12(8)14(21)22-2/h3-4,8,12H,5H2,1-2H3,(H,17,20)(H,18,19)/t8-,12?/m0/s1. The van der Waals surface area contributed by atoms with Crippen LogP contribution in [0.4, 0.5) is 14.5 Å². The van der Waals surface area contributed by atoms with E-state index in [0.29, 0.717) is 0 Å². The number of ether oxygens (including phenoxy) is 1. The highest BCUT2D eigenvalue weighted by Gasteiger charge is 2.44. The average molecular weight is 312 g/mol. The van der Waals surface area contributed by atoms with Gasteiger partial charge in [-0.25, -0.2) is 8.78 Å². The van der Waals surface area contributed by atoms with Crippen molar-refractivity contribution in [3.05, 3.63) is 29.3 Å². The molecule has 2 N–H and O–H groups in total. The largest absolute Gasteiger partial charge is 0.468 e. The van der Waals surface area contributed by atoms with Gasteiger partial charge in [0.2, 0.25) is 11.8 Å². The van der Waals surface area contributed by atoms with Gasteiger partial charge in [0.25, 0.3) is 0 Å². The maximum atomic E-state index is 14.2. The smallest absolute Gasteiger partial charge is 0.318 e. The first kappa shape index (κ1) is 15.9. The van der Waals surface area contributed by atoms with Crippen molar-refractivity contribution in [1.82, 2.24) is 5.32 Å². The molecule has 2 atom stereocenters. The maximum absolute atomic E-state index is 14.2. The van der Waals surface area contributed by atoms with E-state index in [-0.39, 0.29) is 17.8 Å². The first-order chi connectivity index (χ1) is 10.3. The predicted octanol–water partition coefficient (Wildman–Crippen LogP) is 0.926. The summed E-state index contributed by atoms with van der Waals surface area (Å²) in [5.41, 5.74) is -0.430. The van der Waals surface area contributed by atoms with Gasteiger partial charge in [-0.2, -0.15) is 0 Å². The van der Waals surface area contributed by atoms with Crippen molar-refractivity contribution in [3.8, 4) is 0 Å². The zero-order valence-electron chi connectivity index (χ0n) is 11.9. The van der Waals surface area contributed by atoms with Crippen LogP contribution in [0.2, 0.25) is 0 Å². The van der Waals surface area contributed by atoms with Crippen molar-refractivity contribution in [1.29, 1.82) is 0 Å². The van der Waals surface area contributed by atoms with Crippen LogP contribution >= 0.6 is 0 Å². The van der Waals surface area contributed by atoms with Crippen LogP contribution in [0, 0.1) is 17.6 Å². The normalized spacial score (nSPS) is 20.5. The molecule has 1 saturated heterocycles.